The number of ether oxygens (including phenoxy) is 6. The second-order valence-corrected chi connectivity index (χ2v) is 6.51. The topological polar surface area (TPSA) is 55.4 Å². The van der Waals surface area contributed by atoms with Crippen molar-refractivity contribution in [3.05, 3.63) is 0 Å². The van der Waals surface area contributed by atoms with E-state index in [0.29, 0.717) is 35.5 Å². The third-order valence-electron chi connectivity index (χ3n) is 6.10. The van der Waals surface area contributed by atoms with Crippen LogP contribution in [0.5, 0.6) is 0 Å². The standard InChI is InChI=1S/C13H16O6/c1-14-9-4-3-2-15-10-5(3)7-8-6(4)11(16-9)18-13(8)19-12(7)17-10/h3-13H,2H2,1H3/t3-,4+,5-,6+,7-,8+,9?,10?,11?,12?,13?/m1/s1. The summed E-state index contributed by atoms with van der Waals surface area (Å²) in [5.41, 5.74) is 0. The zero-order valence-corrected chi connectivity index (χ0v) is 10.5. The van der Waals surface area contributed by atoms with Gasteiger partial charge in [-0.15, -0.1) is 0 Å². The average molecular weight is 268 g/mol. The zero-order valence-electron chi connectivity index (χ0n) is 10.5. The maximum Gasteiger partial charge on any atom is 0.167 e. The summed E-state index contributed by atoms with van der Waals surface area (Å²) >= 11 is 0. The van der Waals surface area contributed by atoms with Crippen LogP contribution >= 0.6 is 0 Å². The van der Waals surface area contributed by atoms with Gasteiger partial charge >= 0.3 is 0 Å². The Morgan fingerprint density at radius 3 is 2.16 bits per heavy atom. The molecule has 6 fully saturated rings. The fourth-order valence-corrected chi connectivity index (χ4v) is 5.59. The molecule has 0 aromatic rings. The van der Waals surface area contributed by atoms with Gasteiger partial charge in [0.15, 0.2) is 31.5 Å². The number of hydrogen-bond donors (Lipinski definition) is 0. The Morgan fingerprint density at radius 1 is 0.737 bits per heavy atom. The lowest BCUT2D eigenvalue weighted by Gasteiger charge is -2.40. The van der Waals surface area contributed by atoms with Gasteiger partial charge in [0, 0.05) is 36.7 Å². The van der Waals surface area contributed by atoms with Crippen molar-refractivity contribution in [3.8, 4) is 0 Å². The molecule has 6 nitrogen and oxygen atoms in total. The molecule has 6 aliphatic rings. The lowest BCUT2D eigenvalue weighted by Crippen LogP contribution is -2.47. The van der Waals surface area contributed by atoms with Gasteiger partial charge in [0.25, 0.3) is 0 Å². The molecule has 6 heteroatoms. The molecule has 0 N–H and O–H groups in total. The van der Waals surface area contributed by atoms with Gasteiger partial charge in [-0.25, -0.2) is 0 Å². The second-order valence-electron chi connectivity index (χ2n) is 6.51. The molecule has 104 valence electrons. The molecule has 0 amide bonds. The molecule has 0 aromatic heterocycles. The van der Waals surface area contributed by atoms with E-state index in [1.165, 1.54) is 0 Å². The minimum atomic E-state index is -0.177. The molecule has 0 aromatic carbocycles. The van der Waals surface area contributed by atoms with Gasteiger partial charge in [0.05, 0.1) is 6.61 Å². The highest BCUT2D eigenvalue weighted by molar-refractivity contribution is 5.12. The molecule has 5 heterocycles. The van der Waals surface area contributed by atoms with E-state index >= 15 is 0 Å². The predicted molar refractivity (Wildman–Crippen MR) is 57.2 cm³/mol. The molecule has 11 atom stereocenters. The highest BCUT2D eigenvalue weighted by Gasteiger charge is 2.75. The summed E-state index contributed by atoms with van der Waals surface area (Å²) in [4.78, 5) is 0. The molecule has 5 unspecified atom stereocenters. The number of methoxy groups -OCH3 is 1. The number of hydrogen-bond acceptors (Lipinski definition) is 6. The van der Waals surface area contributed by atoms with Crippen LogP contribution in [0, 0.1) is 35.5 Å². The summed E-state index contributed by atoms with van der Waals surface area (Å²) in [6.45, 7) is 0.743. The average Bonchev–Trinajstić information content (AvgIpc) is 3.11. The molecule has 0 bridgehead atoms. The van der Waals surface area contributed by atoms with Crippen LogP contribution in [0.1, 0.15) is 0 Å². The van der Waals surface area contributed by atoms with Crippen molar-refractivity contribution in [1.29, 1.82) is 0 Å². The van der Waals surface area contributed by atoms with Gasteiger partial charge in [-0.3, -0.25) is 0 Å². The SMILES string of the molecule is COC1OC2OC3OC4OC5OC[C@H]6[C@@H]5[C@@H]4[C@@H]3[C@@H]2[C@@H]16. The Labute approximate surface area is 110 Å². The van der Waals surface area contributed by atoms with Crippen molar-refractivity contribution < 1.29 is 28.4 Å². The van der Waals surface area contributed by atoms with Gasteiger partial charge < -0.3 is 28.4 Å². The summed E-state index contributed by atoms with van der Waals surface area (Å²) in [7, 11) is 1.71. The molecule has 5 aliphatic heterocycles. The van der Waals surface area contributed by atoms with Crippen molar-refractivity contribution in [2.75, 3.05) is 13.7 Å². The zero-order chi connectivity index (χ0) is 12.3. The van der Waals surface area contributed by atoms with Crippen LogP contribution in [-0.4, -0.2) is 45.2 Å². The quantitative estimate of drug-likeness (QED) is 0.673. The third-order valence-corrected chi connectivity index (χ3v) is 6.10. The molecule has 1 saturated carbocycles. The van der Waals surface area contributed by atoms with Gasteiger partial charge in [-0.2, -0.15) is 0 Å². The van der Waals surface area contributed by atoms with Crippen molar-refractivity contribution in [2.24, 2.45) is 35.5 Å². The summed E-state index contributed by atoms with van der Waals surface area (Å²) in [5.74, 6) is 2.37. The van der Waals surface area contributed by atoms with Gasteiger partial charge in [-0.1, -0.05) is 0 Å². The fraction of sp³-hybridized carbons (Fsp3) is 1.00. The van der Waals surface area contributed by atoms with Crippen LogP contribution in [0.3, 0.4) is 0 Å². The highest BCUT2D eigenvalue weighted by Crippen LogP contribution is 2.67. The fourth-order valence-electron chi connectivity index (χ4n) is 5.59. The largest absolute Gasteiger partial charge is 0.355 e. The number of fused-ring (bicyclic) bond motifs is 1. The Balaban J connectivity index is 1.52. The molecule has 6 rings (SSSR count). The van der Waals surface area contributed by atoms with E-state index in [9.17, 15) is 0 Å². The monoisotopic (exact) mass is 268 g/mol. The van der Waals surface area contributed by atoms with Crippen LogP contribution in [0.15, 0.2) is 0 Å². The smallest absolute Gasteiger partial charge is 0.167 e. The van der Waals surface area contributed by atoms with Crippen LogP contribution in [0.25, 0.3) is 0 Å². The molecule has 1 aliphatic carbocycles. The van der Waals surface area contributed by atoms with Gasteiger partial charge in [0.2, 0.25) is 0 Å². The minimum absolute atomic E-state index is 0.0981. The minimum Gasteiger partial charge on any atom is -0.355 e. The van der Waals surface area contributed by atoms with Crippen LogP contribution < -0.4 is 0 Å². The lowest BCUT2D eigenvalue weighted by molar-refractivity contribution is -0.278. The molecule has 0 spiro atoms. The molecular weight excluding hydrogens is 252 g/mol. The summed E-state index contributed by atoms with van der Waals surface area (Å²) in [6, 6.07) is 0. The first-order valence-corrected chi connectivity index (χ1v) is 7.13. The van der Waals surface area contributed by atoms with Crippen molar-refractivity contribution in [3.63, 3.8) is 0 Å². The predicted octanol–water partition coefficient (Wildman–Crippen LogP) is 0.125. The maximum atomic E-state index is 5.94. The van der Waals surface area contributed by atoms with Crippen LogP contribution in [0.4, 0.5) is 0 Å². The summed E-state index contributed by atoms with van der Waals surface area (Å²) < 4.78 is 35.1. The molecular formula is C13H16O6. The van der Waals surface area contributed by atoms with E-state index in [1.807, 2.05) is 0 Å². The first-order valence-electron chi connectivity index (χ1n) is 7.13. The summed E-state index contributed by atoms with van der Waals surface area (Å²) in [5, 5.41) is 0. The van der Waals surface area contributed by atoms with E-state index in [-0.39, 0.29) is 31.5 Å². The van der Waals surface area contributed by atoms with Crippen molar-refractivity contribution >= 4 is 0 Å². The Kier molecular flexibility index (Phi) is 1.74. The molecule has 0 radical (unpaired) electrons. The number of rotatable bonds is 1. The van der Waals surface area contributed by atoms with Crippen molar-refractivity contribution in [1.82, 2.24) is 0 Å². The van der Waals surface area contributed by atoms with E-state index in [4.69, 9.17) is 28.4 Å². The Bertz CT molecular complexity index is 441. The van der Waals surface area contributed by atoms with Gasteiger partial charge in [-0.05, 0) is 5.92 Å². The Hall–Kier alpha value is -0.240. The summed E-state index contributed by atoms with van der Waals surface area (Å²) in [6.07, 6.45) is -0.751. The normalized spacial score (nSPS) is 70.9. The first-order chi connectivity index (χ1) is 9.36. The van der Waals surface area contributed by atoms with Gasteiger partial charge in [0.1, 0.15) is 0 Å². The highest BCUT2D eigenvalue weighted by atomic mass is 16.9. The Morgan fingerprint density at radius 2 is 1.37 bits per heavy atom. The van der Waals surface area contributed by atoms with Crippen LogP contribution in [0.2, 0.25) is 0 Å². The molecule has 5 saturated heterocycles. The van der Waals surface area contributed by atoms with Crippen LogP contribution in [-0.2, 0) is 28.4 Å². The van der Waals surface area contributed by atoms with E-state index < -0.39 is 0 Å². The third kappa shape index (κ3) is 0.990. The van der Waals surface area contributed by atoms with E-state index in [2.05, 4.69) is 0 Å². The lowest BCUT2D eigenvalue weighted by atomic mass is 9.59. The maximum absolute atomic E-state index is 5.94. The van der Waals surface area contributed by atoms with E-state index in [1.54, 1.807) is 7.11 Å². The first kappa shape index (κ1) is 10.5. The second kappa shape index (κ2) is 3.16. The molecule has 19 heavy (non-hydrogen) atoms. The van der Waals surface area contributed by atoms with Crippen molar-refractivity contribution in [2.45, 2.75) is 31.5 Å². The van der Waals surface area contributed by atoms with E-state index in [0.717, 1.165) is 6.61 Å².